The van der Waals surface area contributed by atoms with Crippen LogP contribution in [0, 0.1) is 5.82 Å². The van der Waals surface area contributed by atoms with Crippen molar-refractivity contribution < 1.29 is 37.0 Å². The summed E-state index contributed by atoms with van der Waals surface area (Å²) in [6.07, 6.45) is -4.61. The Bertz CT molecular complexity index is 1410. The van der Waals surface area contributed by atoms with Gasteiger partial charge in [0.2, 0.25) is 5.95 Å². The van der Waals surface area contributed by atoms with Gasteiger partial charge in [-0.1, -0.05) is 0 Å². The van der Waals surface area contributed by atoms with E-state index in [1.807, 2.05) is 5.32 Å². The van der Waals surface area contributed by atoms with Gasteiger partial charge >= 0.3 is 18.3 Å². The number of hydrogen-bond donors (Lipinski definition) is 5. The van der Waals surface area contributed by atoms with Gasteiger partial charge in [-0.2, -0.15) is 18.2 Å². The zero-order valence-electron chi connectivity index (χ0n) is 17.3. The Balaban J connectivity index is 1.39. The molecule has 0 saturated carbocycles. The lowest BCUT2D eigenvalue weighted by molar-refractivity contribution is -0.137. The van der Waals surface area contributed by atoms with Gasteiger partial charge in [0.1, 0.15) is 17.3 Å². The molecule has 4 rings (SSSR count). The highest BCUT2D eigenvalue weighted by Gasteiger charge is 2.31. The molecule has 3 amide bonds. The molecule has 14 heteroatoms. The molecule has 0 radical (unpaired) electrons. The summed E-state index contributed by atoms with van der Waals surface area (Å²) in [6, 6.07) is 8.18. The van der Waals surface area contributed by atoms with Gasteiger partial charge in [0, 0.05) is 11.8 Å². The first kappa shape index (κ1) is 23.3. The van der Waals surface area contributed by atoms with Crippen molar-refractivity contribution in [1.82, 2.24) is 15.0 Å². The Morgan fingerprint density at radius 3 is 2.40 bits per heavy atom. The molecule has 0 saturated heterocycles. The minimum absolute atomic E-state index is 0.00383. The van der Waals surface area contributed by atoms with Crippen LogP contribution in [-0.2, 0) is 6.18 Å². The number of aromatic nitrogens is 3. The second kappa shape index (κ2) is 9.17. The van der Waals surface area contributed by atoms with Crippen molar-refractivity contribution in [3.05, 3.63) is 66.1 Å². The Labute approximate surface area is 193 Å². The van der Waals surface area contributed by atoms with Crippen molar-refractivity contribution in [2.24, 2.45) is 0 Å². The SMILES string of the molecule is O=C(O)Nc1nc2ncc(Oc3ccc(NC(=O)Nc4cc(C(F)(F)F)ccc4F)cc3)cc2[nH]1. The average molecular weight is 490 g/mol. The number of H-pyrrole nitrogens is 1. The van der Waals surface area contributed by atoms with Crippen molar-refractivity contribution in [3.63, 3.8) is 0 Å². The van der Waals surface area contributed by atoms with Gasteiger partial charge < -0.3 is 25.5 Å². The van der Waals surface area contributed by atoms with Gasteiger partial charge in [0.25, 0.3) is 0 Å². The van der Waals surface area contributed by atoms with Crippen LogP contribution in [0.5, 0.6) is 11.5 Å². The van der Waals surface area contributed by atoms with Crippen molar-refractivity contribution in [2.45, 2.75) is 6.18 Å². The number of aromatic amines is 1. The molecular weight excluding hydrogens is 476 g/mol. The third-order valence-corrected chi connectivity index (χ3v) is 4.43. The van der Waals surface area contributed by atoms with E-state index in [1.165, 1.54) is 30.5 Å². The molecule has 2 heterocycles. The molecular formula is C21H14F4N6O4. The number of ether oxygens (including phenoxy) is 1. The number of fused-ring (bicyclic) bond motifs is 1. The lowest BCUT2D eigenvalue weighted by atomic mass is 10.2. The molecule has 2 aromatic heterocycles. The lowest BCUT2D eigenvalue weighted by Crippen LogP contribution is -2.20. The number of rotatable bonds is 5. The van der Waals surface area contributed by atoms with E-state index >= 15 is 0 Å². The molecule has 0 aliphatic carbocycles. The number of halogens is 4. The Morgan fingerprint density at radius 1 is 0.971 bits per heavy atom. The summed E-state index contributed by atoms with van der Waals surface area (Å²) in [7, 11) is 0. The predicted octanol–water partition coefficient (Wildman–Crippen LogP) is 5.64. The van der Waals surface area contributed by atoms with E-state index < -0.39 is 35.4 Å². The van der Waals surface area contributed by atoms with Crippen LogP contribution in [0.1, 0.15) is 5.56 Å². The van der Waals surface area contributed by atoms with Crippen molar-refractivity contribution >= 4 is 40.6 Å². The van der Waals surface area contributed by atoms with Crippen LogP contribution in [-0.4, -0.2) is 32.2 Å². The molecule has 0 unspecified atom stereocenters. The molecule has 5 N–H and O–H groups in total. The predicted molar refractivity (Wildman–Crippen MR) is 116 cm³/mol. The summed E-state index contributed by atoms with van der Waals surface area (Å²) >= 11 is 0. The molecule has 0 atom stereocenters. The number of urea groups is 1. The number of amides is 3. The number of nitrogens with zero attached hydrogens (tertiary/aromatic N) is 2. The topological polar surface area (TPSA) is 141 Å². The lowest BCUT2D eigenvalue weighted by Gasteiger charge is -2.12. The highest BCUT2D eigenvalue weighted by atomic mass is 19.4. The van der Waals surface area contributed by atoms with Gasteiger partial charge in [-0.05, 0) is 42.5 Å². The fourth-order valence-electron chi connectivity index (χ4n) is 2.92. The zero-order chi connectivity index (χ0) is 25.2. The third-order valence-electron chi connectivity index (χ3n) is 4.43. The van der Waals surface area contributed by atoms with E-state index in [9.17, 15) is 27.2 Å². The molecule has 10 nitrogen and oxygen atoms in total. The van der Waals surface area contributed by atoms with E-state index in [2.05, 4.69) is 25.6 Å². The number of pyridine rings is 1. The number of anilines is 3. The fourth-order valence-corrected chi connectivity index (χ4v) is 2.92. The number of hydrogen-bond acceptors (Lipinski definition) is 5. The van der Waals surface area contributed by atoms with E-state index in [1.54, 1.807) is 6.07 Å². The van der Waals surface area contributed by atoms with Crippen molar-refractivity contribution in [2.75, 3.05) is 16.0 Å². The first-order valence-corrected chi connectivity index (χ1v) is 9.65. The molecule has 0 aliphatic rings. The minimum atomic E-state index is -4.69. The number of nitrogens with one attached hydrogen (secondary N) is 4. The number of alkyl halides is 3. The maximum absolute atomic E-state index is 13.8. The smallest absolute Gasteiger partial charge is 0.416 e. The van der Waals surface area contributed by atoms with E-state index in [0.29, 0.717) is 35.2 Å². The van der Waals surface area contributed by atoms with Gasteiger partial charge in [-0.3, -0.25) is 5.32 Å². The Morgan fingerprint density at radius 2 is 1.71 bits per heavy atom. The van der Waals surface area contributed by atoms with Crippen LogP contribution >= 0.6 is 0 Å². The first-order valence-electron chi connectivity index (χ1n) is 9.65. The standard InChI is InChI=1S/C21H14F4N6O4/c22-14-6-1-10(21(23,24)25)7-15(14)29-19(32)27-11-2-4-12(5-3-11)35-13-8-16-17(26-9-13)30-18(28-16)31-20(33)34/h1-9H,(H,33,34)(H2,27,29,32)(H2,26,28,30,31). The molecule has 0 fully saturated rings. The average Bonchev–Trinajstić information content (AvgIpc) is 3.16. The van der Waals surface area contributed by atoms with Crippen LogP contribution in [0.25, 0.3) is 11.2 Å². The van der Waals surface area contributed by atoms with Gasteiger partial charge in [0.05, 0.1) is 23.0 Å². The minimum Gasteiger partial charge on any atom is -0.465 e. The van der Waals surface area contributed by atoms with E-state index in [-0.39, 0.29) is 17.3 Å². The second-order valence-electron chi connectivity index (χ2n) is 6.96. The van der Waals surface area contributed by atoms with E-state index in [0.717, 1.165) is 0 Å². The summed E-state index contributed by atoms with van der Waals surface area (Å²) < 4.78 is 57.9. The second-order valence-corrected chi connectivity index (χ2v) is 6.96. The highest BCUT2D eigenvalue weighted by Crippen LogP contribution is 2.32. The highest BCUT2D eigenvalue weighted by molar-refractivity contribution is 5.99. The number of carbonyl (C=O) groups excluding carboxylic acids is 1. The quantitative estimate of drug-likeness (QED) is 0.229. The van der Waals surface area contributed by atoms with Crippen LogP contribution in [0.4, 0.5) is 44.5 Å². The summed E-state index contributed by atoms with van der Waals surface area (Å²) in [5, 5.41) is 15.2. The van der Waals surface area contributed by atoms with Crippen molar-refractivity contribution in [1.29, 1.82) is 0 Å². The van der Waals surface area contributed by atoms with Crippen LogP contribution in [0.3, 0.4) is 0 Å². The summed E-state index contributed by atoms with van der Waals surface area (Å²) in [5.74, 6) is -0.368. The van der Waals surface area contributed by atoms with E-state index in [4.69, 9.17) is 9.84 Å². The van der Waals surface area contributed by atoms with Crippen LogP contribution < -0.4 is 20.7 Å². The van der Waals surface area contributed by atoms with Gasteiger partial charge in [-0.15, -0.1) is 0 Å². The van der Waals surface area contributed by atoms with Gasteiger partial charge in [-0.25, -0.2) is 19.0 Å². The maximum Gasteiger partial charge on any atom is 0.416 e. The number of benzene rings is 2. The monoisotopic (exact) mass is 490 g/mol. The number of imidazole rings is 1. The summed E-state index contributed by atoms with van der Waals surface area (Å²) in [6.45, 7) is 0. The molecule has 0 spiro atoms. The Kier molecular flexibility index (Phi) is 6.10. The number of carbonyl (C=O) groups is 2. The molecule has 180 valence electrons. The molecule has 0 bridgehead atoms. The normalized spacial score (nSPS) is 11.2. The Hall–Kier alpha value is -4.88. The molecule has 4 aromatic rings. The molecule has 0 aliphatic heterocycles. The fraction of sp³-hybridized carbons (Fsp3) is 0.0476. The summed E-state index contributed by atoms with van der Waals surface area (Å²) in [4.78, 5) is 33.6. The zero-order valence-corrected chi connectivity index (χ0v) is 17.3. The largest absolute Gasteiger partial charge is 0.465 e. The molecule has 35 heavy (non-hydrogen) atoms. The number of carboxylic acid groups (broad SMARTS) is 1. The maximum atomic E-state index is 13.8. The first-order chi connectivity index (χ1) is 16.6. The summed E-state index contributed by atoms with van der Waals surface area (Å²) in [5.41, 5.74) is -0.783. The van der Waals surface area contributed by atoms with Crippen LogP contribution in [0.15, 0.2) is 54.7 Å². The van der Waals surface area contributed by atoms with Crippen molar-refractivity contribution in [3.8, 4) is 11.5 Å². The molecule has 2 aromatic carbocycles. The van der Waals surface area contributed by atoms with Gasteiger partial charge in [0.15, 0.2) is 5.65 Å². The van der Waals surface area contributed by atoms with Crippen LogP contribution in [0.2, 0.25) is 0 Å². The third kappa shape index (κ3) is 5.73.